The molecule has 3 aliphatic heterocycles. The fourth-order valence-electron chi connectivity index (χ4n) is 4.68. The Hall–Kier alpha value is -1.66. The van der Waals surface area contributed by atoms with E-state index in [0.717, 1.165) is 77.2 Å². The molecule has 0 saturated carbocycles. The van der Waals surface area contributed by atoms with Crippen molar-refractivity contribution in [3.05, 3.63) is 30.1 Å². The normalized spacial score (nSPS) is 26.3. The molecule has 3 aliphatic rings. The quantitative estimate of drug-likeness (QED) is 0.856. The lowest BCUT2D eigenvalue weighted by Gasteiger charge is -2.36. The Kier molecular flexibility index (Phi) is 5.14. The van der Waals surface area contributed by atoms with Gasteiger partial charge in [-0.3, -0.25) is 9.69 Å². The van der Waals surface area contributed by atoms with Crippen molar-refractivity contribution in [2.75, 3.05) is 50.7 Å². The first-order valence-corrected chi connectivity index (χ1v) is 9.89. The second kappa shape index (κ2) is 7.53. The zero-order chi connectivity index (χ0) is 18.0. The molecule has 1 amide bonds. The first-order valence-electron chi connectivity index (χ1n) is 9.89. The predicted molar refractivity (Wildman–Crippen MR) is 101 cm³/mol. The van der Waals surface area contributed by atoms with Gasteiger partial charge < -0.3 is 15.5 Å². The maximum Gasteiger partial charge on any atom is 0.226 e. The number of anilines is 1. The van der Waals surface area contributed by atoms with Gasteiger partial charge in [0.25, 0.3) is 0 Å². The molecule has 0 aromatic heterocycles. The number of nitrogens with one attached hydrogen (secondary N) is 2. The Bertz CT molecular complexity index is 621. The summed E-state index contributed by atoms with van der Waals surface area (Å²) in [5, 5.41) is 6.62. The van der Waals surface area contributed by atoms with E-state index >= 15 is 0 Å². The molecule has 5 nitrogen and oxygen atoms in total. The fourth-order valence-corrected chi connectivity index (χ4v) is 4.68. The van der Waals surface area contributed by atoms with Gasteiger partial charge in [-0.1, -0.05) is 0 Å². The van der Waals surface area contributed by atoms with Crippen molar-refractivity contribution in [1.29, 1.82) is 0 Å². The third kappa shape index (κ3) is 3.71. The van der Waals surface area contributed by atoms with Gasteiger partial charge in [0, 0.05) is 44.5 Å². The SMILES string of the molecule is O=C1NC(CCN2CCN(c3ccc(F)cc3)CC2)CC12CCNCC2. The summed E-state index contributed by atoms with van der Waals surface area (Å²) in [5.41, 5.74) is 0.999. The van der Waals surface area contributed by atoms with Crippen LogP contribution in [0.25, 0.3) is 0 Å². The summed E-state index contributed by atoms with van der Waals surface area (Å²) in [6.45, 7) is 6.95. The van der Waals surface area contributed by atoms with Crippen LogP contribution >= 0.6 is 0 Å². The largest absolute Gasteiger partial charge is 0.369 e. The van der Waals surface area contributed by atoms with Gasteiger partial charge in [-0.15, -0.1) is 0 Å². The molecule has 1 aromatic carbocycles. The van der Waals surface area contributed by atoms with Crippen LogP contribution in [0.15, 0.2) is 24.3 Å². The van der Waals surface area contributed by atoms with Crippen LogP contribution in [0.4, 0.5) is 10.1 Å². The minimum Gasteiger partial charge on any atom is -0.369 e. The van der Waals surface area contributed by atoms with E-state index in [0.29, 0.717) is 6.04 Å². The van der Waals surface area contributed by atoms with Crippen LogP contribution < -0.4 is 15.5 Å². The van der Waals surface area contributed by atoms with E-state index in [1.165, 1.54) is 12.1 Å². The highest BCUT2D eigenvalue weighted by Crippen LogP contribution is 2.39. The van der Waals surface area contributed by atoms with Crippen LogP contribution in [0.2, 0.25) is 0 Å². The Balaban J connectivity index is 1.23. The topological polar surface area (TPSA) is 47.6 Å². The molecule has 1 spiro atoms. The summed E-state index contributed by atoms with van der Waals surface area (Å²) in [6, 6.07) is 7.10. The molecular formula is C20H29FN4O. The van der Waals surface area contributed by atoms with Crippen molar-refractivity contribution >= 4 is 11.6 Å². The molecule has 2 N–H and O–H groups in total. The standard InChI is InChI=1S/C20H29FN4O/c21-16-1-3-18(4-2-16)25-13-11-24(12-14-25)10-5-17-15-20(19(26)23-17)6-8-22-9-7-20/h1-4,17,22H,5-15H2,(H,23,26). The number of rotatable bonds is 4. The van der Waals surface area contributed by atoms with Crippen LogP contribution in [-0.4, -0.2) is 62.7 Å². The van der Waals surface area contributed by atoms with Gasteiger partial charge in [0.15, 0.2) is 0 Å². The number of piperazine rings is 1. The maximum atomic E-state index is 13.1. The highest BCUT2D eigenvalue weighted by molar-refractivity contribution is 5.85. The summed E-state index contributed by atoms with van der Waals surface area (Å²) in [6.07, 6.45) is 4.00. The van der Waals surface area contributed by atoms with Crippen LogP contribution in [0, 0.1) is 11.2 Å². The van der Waals surface area contributed by atoms with Crippen molar-refractivity contribution in [1.82, 2.24) is 15.5 Å². The number of carbonyl (C=O) groups excluding carboxylic acids is 1. The molecule has 1 unspecified atom stereocenters. The molecule has 26 heavy (non-hydrogen) atoms. The lowest BCUT2D eigenvalue weighted by atomic mass is 9.76. The monoisotopic (exact) mass is 360 g/mol. The van der Waals surface area contributed by atoms with Gasteiger partial charge in [0.1, 0.15) is 5.82 Å². The van der Waals surface area contributed by atoms with Crippen molar-refractivity contribution < 1.29 is 9.18 Å². The highest BCUT2D eigenvalue weighted by Gasteiger charge is 2.46. The molecule has 3 heterocycles. The molecule has 142 valence electrons. The zero-order valence-corrected chi connectivity index (χ0v) is 15.3. The van der Waals surface area contributed by atoms with Crippen molar-refractivity contribution in [2.24, 2.45) is 5.41 Å². The molecule has 3 fully saturated rings. The number of hydrogen-bond acceptors (Lipinski definition) is 4. The summed E-state index contributed by atoms with van der Waals surface area (Å²) in [5.74, 6) is 0.0997. The van der Waals surface area contributed by atoms with E-state index < -0.39 is 0 Å². The number of amides is 1. The Morgan fingerprint density at radius 1 is 1.08 bits per heavy atom. The lowest BCUT2D eigenvalue weighted by molar-refractivity contribution is -0.128. The van der Waals surface area contributed by atoms with E-state index in [1.54, 1.807) is 0 Å². The van der Waals surface area contributed by atoms with E-state index in [-0.39, 0.29) is 17.1 Å². The molecule has 1 atom stereocenters. The highest BCUT2D eigenvalue weighted by atomic mass is 19.1. The van der Waals surface area contributed by atoms with E-state index in [4.69, 9.17) is 0 Å². The molecule has 1 aromatic rings. The second-order valence-corrected chi connectivity index (χ2v) is 8.00. The summed E-state index contributed by atoms with van der Waals surface area (Å²) >= 11 is 0. The van der Waals surface area contributed by atoms with Crippen LogP contribution in [0.3, 0.4) is 0 Å². The molecule has 4 rings (SSSR count). The summed E-state index contributed by atoms with van der Waals surface area (Å²) in [4.78, 5) is 17.3. The fraction of sp³-hybridized carbons (Fsp3) is 0.650. The van der Waals surface area contributed by atoms with Crippen molar-refractivity contribution in [3.8, 4) is 0 Å². The molecule has 6 heteroatoms. The van der Waals surface area contributed by atoms with Crippen molar-refractivity contribution in [2.45, 2.75) is 31.7 Å². The first kappa shape index (κ1) is 17.7. The average Bonchev–Trinajstić information content (AvgIpc) is 2.97. The van der Waals surface area contributed by atoms with Gasteiger partial charge in [0.05, 0.1) is 5.41 Å². The summed E-state index contributed by atoms with van der Waals surface area (Å²) < 4.78 is 13.1. The van der Waals surface area contributed by atoms with Crippen LogP contribution in [-0.2, 0) is 4.79 Å². The molecule has 0 bridgehead atoms. The number of carbonyl (C=O) groups is 1. The van der Waals surface area contributed by atoms with Gasteiger partial charge >= 0.3 is 0 Å². The zero-order valence-electron chi connectivity index (χ0n) is 15.3. The molecule has 3 saturated heterocycles. The molecule has 0 aliphatic carbocycles. The average molecular weight is 360 g/mol. The van der Waals surface area contributed by atoms with Gasteiger partial charge in [-0.25, -0.2) is 4.39 Å². The number of halogens is 1. The van der Waals surface area contributed by atoms with E-state index in [9.17, 15) is 9.18 Å². The molecular weight excluding hydrogens is 331 g/mol. The number of hydrogen-bond donors (Lipinski definition) is 2. The minimum atomic E-state index is -0.183. The van der Waals surface area contributed by atoms with Gasteiger partial charge in [-0.2, -0.15) is 0 Å². The maximum absolute atomic E-state index is 13.1. The van der Waals surface area contributed by atoms with Crippen LogP contribution in [0.1, 0.15) is 25.7 Å². The van der Waals surface area contributed by atoms with E-state index in [2.05, 4.69) is 20.4 Å². The minimum absolute atomic E-state index is 0.100. The second-order valence-electron chi connectivity index (χ2n) is 8.00. The third-order valence-corrected chi connectivity index (χ3v) is 6.37. The number of benzene rings is 1. The Labute approximate surface area is 154 Å². The van der Waals surface area contributed by atoms with Crippen LogP contribution in [0.5, 0.6) is 0 Å². The number of nitrogens with zero attached hydrogens (tertiary/aromatic N) is 2. The van der Waals surface area contributed by atoms with Gasteiger partial charge in [0.2, 0.25) is 5.91 Å². The smallest absolute Gasteiger partial charge is 0.226 e. The van der Waals surface area contributed by atoms with Gasteiger partial charge in [-0.05, 0) is 63.0 Å². The van der Waals surface area contributed by atoms with E-state index in [1.807, 2.05) is 12.1 Å². The number of piperidine rings is 1. The predicted octanol–water partition coefficient (Wildman–Crippen LogP) is 1.60. The van der Waals surface area contributed by atoms with Crippen molar-refractivity contribution in [3.63, 3.8) is 0 Å². The molecule has 0 radical (unpaired) electrons. The third-order valence-electron chi connectivity index (χ3n) is 6.37. The Morgan fingerprint density at radius 2 is 1.77 bits per heavy atom. The summed E-state index contributed by atoms with van der Waals surface area (Å²) in [7, 11) is 0. The Morgan fingerprint density at radius 3 is 2.46 bits per heavy atom. The first-order chi connectivity index (χ1) is 12.6. The lowest BCUT2D eigenvalue weighted by Crippen LogP contribution is -2.47.